The van der Waals surface area contributed by atoms with Crippen molar-refractivity contribution in [1.82, 2.24) is 14.7 Å². The number of aliphatic hydroxyl groups excluding tert-OH is 1. The number of aliphatic hydroxyl groups is 1. The molecule has 190 valence electrons. The van der Waals surface area contributed by atoms with Gasteiger partial charge in [-0.2, -0.15) is 0 Å². The third-order valence-electron chi connectivity index (χ3n) is 6.79. The van der Waals surface area contributed by atoms with Crippen molar-refractivity contribution in [3.8, 4) is 0 Å². The number of nitrogens with one attached hydrogen (secondary N) is 1. The number of sulfonamides is 1. The van der Waals surface area contributed by atoms with E-state index >= 15 is 0 Å². The molecular weight excluding hydrogens is 474 g/mol. The van der Waals surface area contributed by atoms with Gasteiger partial charge in [0.15, 0.2) is 0 Å². The highest BCUT2D eigenvalue weighted by molar-refractivity contribution is 7.89. The standard InChI is InChI=1S/C28H33N3O4S/c1-21-13-15-25(16-14-21)36(34,35)31-27(26(17-18-32)28(33)29-31)22(2)30(19-23-9-5-3-6-10-23)20-24-11-7-4-8-12-24/h3-16,22,26-27,32H,17-20H2,1-2H3,(H,29,33)/t22-,26?,27-/m0/s1. The zero-order valence-corrected chi connectivity index (χ0v) is 21.4. The Morgan fingerprint density at radius 1 is 0.917 bits per heavy atom. The van der Waals surface area contributed by atoms with E-state index in [1.165, 1.54) is 0 Å². The number of hydrazine groups is 1. The molecule has 1 amide bonds. The zero-order chi connectivity index (χ0) is 25.7. The number of amides is 1. The van der Waals surface area contributed by atoms with Crippen LogP contribution in [0.5, 0.6) is 0 Å². The van der Waals surface area contributed by atoms with E-state index in [9.17, 15) is 18.3 Å². The molecule has 1 aliphatic rings. The molecule has 3 atom stereocenters. The Balaban J connectivity index is 1.73. The summed E-state index contributed by atoms with van der Waals surface area (Å²) in [7, 11) is -4.02. The van der Waals surface area contributed by atoms with Gasteiger partial charge in [0, 0.05) is 25.7 Å². The Morgan fingerprint density at radius 2 is 1.44 bits per heavy atom. The third-order valence-corrected chi connectivity index (χ3v) is 8.51. The molecule has 0 saturated carbocycles. The molecule has 0 spiro atoms. The largest absolute Gasteiger partial charge is 0.396 e. The lowest BCUT2D eigenvalue weighted by Gasteiger charge is -2.38. The second-order valence-corrected chi connectivity index (χ2v) is 11.1. The van der Waals surface area contributed by atoms with Gasteiger partial charge in [-0.25, -0.2) is 8.42 Å². The summed E-state index contributed by atoms with van der Waals surface area (Å²) in [5, 5.41) is 9.73. The fourth-order valence-electron chi connectivity index (χ4n) is 4.80. The summed E-state index contributed by atoms with van der Waals surface area (Å²) in [6.45, 7) is 4.79. The number of hydrogen-bond donors (Lipinski definition) is 2. The minimum atomic E-state index is -4.02. The van der Waals surface area contributed by atoms with Crippen LogP contribution in [0, 0.1) is 12.8 Å². The molecule has 3 aromatic carbocycles. The molecule has 1 aliphatic heterocycles. The van der Waals surface area contributed by atoms with E-state index < -0.39 is 27.9 Å². The van der Waals surface area contributed by atoms with Gasteiger partial charge < -0.3 is 5.11 Å². The molecule has 3 aromatic rings. The lowest BCUT2D eigenvalue weighted by Crippen LogP contribution is -2.53. The minimum Gasteiger partial charge on any atom is -0.396 e. The van der Waals surface area contributed by atoms with Gasteiger partial charge in [0.2, 0.25) is 5.91 Å². The van der Waals surface area contributed by atoms with Crippen LogP contribution in [-0.4, -0.2) is 47.4 Å². The van der Waals surface area contributed by atoms with Gasteiger partial charge in [0.1, 0.15) is 0 Å². The SMILES string of the molecule is Cc1ccc(S(=O)(=O)N2NC(=O)C(CCO)[C@@H]2[C@H](C)N(Cc2ccccc2)Cc2ccccc2)cc1. The molecule has 36 heavy (non-hydrogen) atoms. The van der Waals surface area contributed by atoms with Gasteiger partial charge in [0.25, 0.3) is 10.0 Å². The summed E-state index contributed by atoms with van der Waals surface area (Å²) in [5.74, 6) is -1.07. The maximum atomic E-state index is 13.7. The minimum absolute atomic E-state index is 0.118. The van der Waals surface area contributed by atoms with Crippen LogP contribution < -0.4 is 5.43 Å². The zero-order valence-electron chi connectivity index (χ0n) is 20.6. The molecule has 1 fully saturated rings. The molecule has 0 aromatic heterocycles. The fourth-order valence-corrected chi connectivity index (χ4v) is 6.36. The highest BCUT2D eigenvalue weighted by atomic mass is 32.2. The van der Waals surface area contributed by atoms with Crippen molar-refractivity contribution >= 4 is 15.9 Å². The van der Waals surface area contributed by atoms with Crippen molar-refractivity contribution in [3.05, 3.63) is 102 Å². The molecule has 0 radical (unpaired) electrons. The predicted molar refractivity (Wildman–Crippen MR) is 139 cm³/mol. The fraction of sp³-hybridized carbons (Fsp3) is 0.321. The van der Waals surface area contributed by atoms with Crippen molar-refractivity contribution in [2.45, 2.75) is 50.3 Å². The van der Waals surface area contributed by atoms with Crippen LogP contribution in [0.25, 0.3) is 0 Å². The normalized spacial score (nSPS) is 19.4. The smallest absolute Gasteiger partial charge is 0.260 e. The summed E-state index contributed by atoms with van der Waals surface area (Å²) in [5.41, 5.74) is 5.74. The third kappa shape index (κ3) is 5.68. The van der Waals surface area contributed by atoms with Gasteiger partial charge in [-0.05, 0) is 43.5 Å². The summed E-state index contributed by atoms with van der Waals surface area (Å²) >= 11 is 0. The Kier molecular flexibility index (Phi) is 8.21. The number of carbonyl (C=O) groups excluding carboxylic acids is 1. The van der Waals surface area contributed by atoms with Crippen LogP contribution in [0.4, 0.5) is 0 Å². The first-order valence-corrected chi connectivity index (χ1v) is 13.6. The second-order valence-electron chi connectivity index (χ2n) is 9.32. The van der Waals surface area contributed by atoms with Crippen molar-refractivity contribution < 1.29 is 18.3 Å². The van der Waals surface area contributed by atoms with Gasteiger partial charge in [-0.3, -0.25) is 15.1 Å². The van der Waals surface area contributed by atoms with E-state index in [1.54, 1.807) is 24.3 Å². The van der Waals surface area contributed by atoms with Crippen LogP contribution in [0.2, 0.25) is 0 Å². The maximum Gasteiger partial charge on any atom is 0.260 e. The van der Waals surface area contributed by atoms with E-state index in [1.807, 2.05) is 74.5 Å². The maximum absolute atomic E-state index is 13.7. The number of benzene rings is 3. The number of aryl methyl sites for hydroxylation is 1. The number of carbonyl (C=O) groups is 1. The molecule has 4 rings (SSSR count). The van der Waals surface area contributed by atoms with E-state index in [2.05, 4.69) is 10.3 Å². The quantitative estimate of drug-likeness (QED) is 0.439. The summed E-state index contributed by atoms with van der Waals surface area (Å²) in [6.07, 6.45) is 0.172. The molecule has 1 unspecified atom stereocenters. The first-order chi connectivity index (χ1) is 17.3. The molecular formula is C28H33N3O4S. The lowest BCUT2D eigenvalue weighted by atomic mass is 9.91. The summed E-state index contributed by atoms with van der Waals surface area (Å²) < 4.78 is 28.6. The molecule has 1 heterocycles. The van der Waals surface area contributed by atoms with Crippen molar-refractivity contribution in [2.24, 2.45) is 5.92 Å². The Morgan fingerprint density at radius 3 is 1.94 bits per heavy atom. The van der Waals surface area contributed by atoms with Gasteiger partial charge in [-0.15, -0.1) is 4.41 Å². The molecule has 8 heteroatoms. The van der Waals surface area contributed by atoms with Crippen molar-refractivity contribution in [3.63, 3.8) is 0 Å². The van der Waals surface area contributed by atoms with E-state index in [0.717, 1.165) is 21.1 Å². The van der Waals surface area contributed by atoms with Crippen molar-refractivity contribution in [1.29, 1.82) is 0 Å². The van der Waals surface area contributed by atoms with Gasteiger partial charge in [0.05, 0.1) is 16.9 Å². The molecule has 0 bridgehead atoms. The van der Waals surface area contributed by atoms with E-state index in [0.29, 0.717) is 13.1 Å². The van der Waals surface area contributed by atoms with Crippen LogP contribution in [0.15, 0.2) is 89.8 Å². The Bertz CT molecular complexity index is 1210. The van der Waals surface area contributed by atoms with Crippen molar-refractivity contribution in [2.75, 3.05) is 6.61 Å². The second kappa shape index (κ2) is 11.3. The number of rotatable bonds is 10. The van der Waals surface area contributed by atoms with Gasteiger partial charge in [-0.1, -0.05) is 78.4 Å². The topological polar surface area (TPSA) is 90.0 Å². The molecule has 7 nitrogen and oxygen atoms in total. The molecule has 2 N–H and O–H groups in total. The first kappa shape index (κ1) is 26.0. The van der Waals surface area contributed by atoms with Crippen LogP contribution in [-0.2, 0) is 27.9 Å². The molecule has 1 saturated heterocycles. The summed E-state index contributed by atoms with van der Waals surface area (Å²) in [6, 6.07) is 25.5. The van der Waals surface area contributed by atoms with Crippen LogP contribution in [0.1, 0.15) is 30.0 Å². The van der Waals surface area contributed by atoms with Gasteiger partial charge >= 0.3 is 0 Å². The van der Waals surface area contributed by atoms with E-state index in [4.69, 9.17) is 0 Å². The highest BCUT2D eigenvalue weighted by Crippen LogP contribution is 2.32. The number of nitrogens with zero attached hydrogens (tertiary/aromatic N) is 2. The average molecular weight is 508 g/mol. The Labute approximate surface area is 213 Å². The van der Waals surface area contributed by atoms with Crippen LogP contribution >= 0.6 is 0 Å². The first-order valence-electron chi connectivity index (χ1n) is 12.2. The Hall–Kier alpha value is -3.04. The summed E-state index contributed by atoms with van der Waals surface area (Å²) in [4.78, 5) is 15.3. The monoisotopic (exact) mass is 507 g/mol. The predicted octanol–water partition coefficient (Wildman–Crippen LogP) is 3.49. The molecule has 0 aliphatic carbocycles. The highest BCUT2D eigenvalue weighted by Gasteiger charge is 2.50. The van der Waals surface area contributed by atoms with E-state index in [-0.39, 0.29) is 24.0 Å². The number of hydrogen-bond acceptors (Lipinski definition) is 5. The lowest BCUT2D eigenvalue weighted by molar-refractivity contribution is -0.123. The van der Waals surface area contributed by atoms with Crippen LogP contribution in [0.3, 0.4) is 0 Å². The average Bonchev–Trinajstić information content (AvgIpc) is 3.21.